The summed E-state index contributed by atoms with van der Waals surface area (Å²) < 4.78 is 11.6. The Morgan fingerprint density at radius 2 is 1.80 bits per heavy atom. The predicted octanol–water partition coefficient (Wildman–Crippen LogP) is 3.73. The first-order valence-electron chi connectivity index (χ1n) is 7.03. The van der Waals surface area contributed by atoms with Gasteiger partial charge in [-0.25, -0.2) is 0 Å². The third kappa shape index (κ3) is 3.55. The van der Waals surface area contributed by atoms with Crippen LogP contribution in [0.3, 0.4) is 0 Å². The normalized spacial score (nSPS) is 33.7. The third-order valence-electron chi connectivity index (χ3n) is 4.00. The summed E-state index contributed by atoms with van der Waals surface area (Å²) in [5.41, 5.74) is -0.150. The quantitative estimate of drug-likeness (QED) is 0.796. The third-order valence-corrected chi connectivity index (χ3v) is 5.16. The van der Waals surface area contributed by atoms with Crippen molar-refractivity contribution in [2.75, 3.05) is 0 Å². The van der Waals surface area contributed by atoms with Gasteiger partial charge in [0.05, 0.1) is 6.10 Å². The average molecular weight is 294 g/mol. The number of thioether (sulfide) groups is 1. The summed E-state index contributed by atoms with van der Waals surface area (Å²) in [4.78, 5) is 12.5. The van der Waals surface area contributed by atoms with Crippen LogP contribution in [0.15, 0.2) is 35.2 Å². The van der Waals surface area contributed by atoms with E-state index >= 15 is 0 Å². The van der Waals surface area contributed by atoms with E-state index in [2.05, 4.69) is 20.8 Å². The van der Waals surface area contributed by atoms with Gasteiger partial charge in [-0.3, -0.25) is 4.79 Å². The Hall–Kier alpha value is -1.00. The fourth-order valence-electron chi connectivity index (χ4n) is 2.47. The molecule has 0 bridgehead atoms. The van der Waals surface area contributed by atoms with E-state index in [-0.39, 0.29) is 29.5 Å². The zero-order valence-corrected chi connectivity index (χ0v) is 13.2. The lowest BCUT2D eigenvalue weighted by atomic mass is 9.85. The van der Waals surface area contributed by atoms with Crippen LogP contribution in [0.5, 0.6) is 0 Å². The van der Waals surface area contributed by atoms with E-state index in [1.807, 2.05) is 30.3 Å². The van der Waals surface area contributed by atoms with Crippen LogP contribution in [-0.2, 0) is 14.3 Å². The second-order valence-electron chi connectivity index (χ2n) is 5.43. The monoisotopic (exact) mass is 294 g/mol. The molecule has 0 aromatic heterocycles. The summed E-state index contributed by atoms with van der Waals surface area (Å²) in [5.74, 6) is 0.404. The van der Waals surface area contributed by atoms with E-state index in [9.17, 15) is 4.79 Å². The Morgan fingerprint density at radius 3 is 2.40 bits per heavy atom. The lowest BCUT2D eigenvalue weighted by Crippen LogP contribution is -2.48. The van der Waals surface area contributed by atoms with Gasteiger partial charge in [-0.15, -0.1) is 0 Å². The lowest BCUT2D eigenvalue weighted by molar-refractivity contribution is -0.174. The number of esters is 1. The van der Waals surface area contributed by atoms with Crippen LogP contribution in [0.4, 0.5) is 0 Å². The lowest BCUT2D eigenvalue weighted by Gasteiger charge is -2.42. The summed E-state index contributed by atoms with van der Waals surface area (Å²) in [6.07, 6.45) is -0.0399. The zero-order chi connectivity index (χ0) is 14.7. The number of ether oxygens (including phenoxy) is 2. The van der Waals surface area contributed by atoms with Crippen molar-refractivity contribution < 1.29 is 14.3 Å². The first-order valence-corrected chi connectivity index (χ1v) is 7.91. The van der Waals surface area contributed by atoms with Crippen LogP contribution in [0, 0.1) is 11.8 Å². The van der Waals surface area contributed by atoms with Crippen LogP contribution in [0.1, 0.15) is 27.7 Å². The van der Waals surface area contributed by atoms with Crippen LogP contribution in [-0.4, -0.2) is 23.6 Å². The number of carbonyl (C=O) groups is 1. The van der Waals surface area contributed by atoms with Crippen molar-refractivity contribution in [2.45, 2.75) is 50.2 Å². The molecule has 1 aromatic carbocycles. The van der Waals surface area contributed by atoms with E-state index < -0.39 is 0 Å². The molecule has 4 heteroatoms. The molecular weight excluding hydrogens is 272 g/mol. The van der Waals surface area contributed by atoms with Crippen LogP contribution in [0.25, 0.3) is 0 Å². The molecule has 1 saturated heterocycles. The Morgan fingerprint density at radius 1 is 1.15 bits per heavy atom. The maximum absolute atomic E-state index is 11.4. The molecule has 1 aromatic rings. The molecule has 5 atom stereocenters. The molecule has 1 aliphatic heterocycles. The van der Waals surface area contributed by atoms with Gasteiger partial charge in [0.25, 0.3) is 0 Å². The first-order chi connectivity index (χ1) is 9.49. The Bertz CT molecular complexity index is 448. The summed E-state index contributed by atoms with van der Waals surface area (Å²) in [7, 11) is 0. The molecular formula is C16H22O3S. The van der Waals surface area contributed by atoms with E-state index in [4.69, 9.17) is 9.47 Å². The molecule has 3 nitrogen and oxygen atoms in total. The van der Waals surface area contributed by atoms with Gasteiger partial charge in [0.15, 0.2) is 0 Å². The molecule has 1 heterocycles. The zero-order valence-electron chi connectivity index (χ0n) is 12.4. The minimum absolute atomic E-state index is 0.150. The molecule has 0 amide bonds. The predicted molar refractivity (Wildman–Crippen MR) is 80.5 cm³/mol. The Kier molecular flexibility index (Phi) is 5.11. The smallest absolute Gasteiger partial charge is 0.303 e. The minimum Gasteiger partial charge on any atom is -0.459 e. The molecule has 1 fully saturated rings. The second kappa shape index (κ2) is 6.64. The molecule has 2 rings (SSSR count). The maximum Gasteiger partial charge on any atom is 0.303 e. The minimum atomic E-state index is -0.245. The molecule has 0 aliphatic carbocycles. The first kappa shape index (κ1) is 15.4. The SMILES string of the molecule is CC(=O)OC1[C@@H](Sc2ccccc2)OC(C)[C@H](C)[C@@H]1C. The average Bonchev–Trinajstić information content (AvgIpc) is 2.42. The number of hydrogen-bond donors (Lipinski definition) is 0. The second-order valence-corrected chi connectivity index (χ2v) is 6.60. The molecule has 20 heavy (non-hydrogen) atoms. The van der Waals surface area contributed by atoms with Crippen molar-refractivity contribution in [3.8, 4) is 0 Å². The Labute approximate surface area is 125 Å². The van der Waals surface area contributed by atoms with Crippen LogP contribution >= 0.6 is 11.8 Å². The van der Waals surface area contributed by atoms with E-state index in [1.165, 1.54) is 6.92 Å². The highest BCUT2D eigenvalue weighted by Gasteiger charge is 2.42. The van der Waals surface area contributed by atoms with Crippen molar-refractivity contribution in [3.05, 3.63) is 30.3 Å². The van der Waals surface area contributed by atoms with E-state index in [0.717, 1.165) is 4.90 Å². The maximum atomic E-state index is 11.4. The fraction of sp³-hybridized carbons (Fsp3) is 0.562. The van der Waals surface area contributed by atoms with Crippen molar-refractivity contribution in [2.24, 2.45) is 11.8 Å². The molecule has 0 saturated carbocycles. The largest absolute Gasteiger partial charge is 0.459 e. The van der Waals surface area contributed by atoms with E-state index in [0.29, 0.717) is 5.92 Å². The highest BCUT2D eigenvalue weighted by molar-refractivity contribution is 7.99. The van der Waals surface area contributed by atoms with Crippen molar-refractivity contribution in [1.82, 2.24) is 0 Å². The number of rotatable bonds is 3. The number of carbonyl (C=O) groups excluding carboxylic acids is 1. The van der Waals surface area contributed by atoms with Gasteiger partial charge in [-0.05, 0) is 25.0 Å². The van der Waals surface area contributed by atoms with Gasteiger partial charge in [0, 0.05) is 17.7 Å². The number of benzene rings is 1. The summed E-state index contributed by atoms with van der Waals surface area (Å²) in [6.45, 7) is 7.83. The van der Waals surface area contributed by atoms with Crippen molar-refractivity contribution in [3.63, 3.8) is 0 Å². The van der Waals surface area contributed by atoms with Gasteiger partial charge < -0.3 is 9.47 Å². The molecule has 0 N–H and O–H groups in total. The van der Waals surface area contributed by atoms with Gasteiger partial charge in [-0.1, -0.05) is 43.8 Å². The fourth-order valence-corrected chi connectivity index (χ4v) is 3.72. The highest BCUT2D eigenvalue weighted by atomic mass is 32.2. The summed E-state index contributed by atoms with van der Waals surface area (Å²) in [6, 6.07) is 10.1. The van der Waals surface area contributed by atoms with Crippen molar-refractivity contribution >= 4 is 17.7 Å². The molecule has 110 valence electrons. The molecule has 1 aliphatic rings. The van der Waals surface area contributed by atoms with Gasteiger partial charge in [0.2, 0.25) is 0 Å². The standard InChI is InChI=1S/C16H22O3S/c1-10-11(2)15(19-13(4)17)16(18-12(10)3)20-14-8-6-5-7-9-14/h5-12,15-16H,1-4H3/t10-,11+,12?,15?,16-/m1/s1. The Balaban J connectivity index is 2.16. The van der Waals surface area contributed by atoms with Gasteiger partial charge in [0.1, 0.15) is 11.5 Å². The molecule has 0 spiro atoms. The summed E-state index contributed by atoms with van der Waals surface area (Å²) in [5, 5.41) is 0. The molecule has 0 radical (unpaired) electrons. The topological polar surface area (TPSA) is 35.5 Å². The van der Waals surface area contributed by atoms with Gasteiger partial charge in [-0.2, -0.15) is 0 Å². The van der Waals surface area contributed by atoms with Crippen LogP contribution < -0.4 is 0 Å². The van der Waals surface area contributed by atoms with Crippen molar-refractivity contribution in [1.29, 1.82) is 0 Å². The summed E-state index contributed by atoms with van der Waals surface area (Å²) >= 11 is 1.62. The van der Waals surface area contributed by atoms with Gasteiger partial charge >= 0.3 is 5.97 Å². The van der Waals surface area contributed by atoms with Crippen LogP contribution in [0.2, 0.25) is 0 Å². The highest BCUT2D eigenvalue weighted by Crippen LogP contribution is 2.39. The van der Waals surface area contributed by atoms with E-state index in [1.54, 1.807) is 11.8 Å². The number of hydrogen-bond acceptors (Lipinski definition) is 4. The molecule has 2 unspecified atom stereocenters.